The summed E-state index contributed by atoms with van der Waals surface area (Å²) in [5.74, 6) is -0.177. The maximum absolute atomic E-state index is 13.3. The number of aryl methyl sites for hydroxylation is 1. The van der Waals surface area contributed by atoms with E-state index in [1.807, 2.05) is 31.2 Å². The largest absolute Gasteiger partial charge is 0.507 e. The second-order valence-corrected chi connectivity index (χ2v) is 9.18. The van der Waals surface area contributed by atoms with Crippen LogP contribution in [0.3, 0.4) is 0 Å². The average molecular weight is 548 g/mol. The quantitative estimate of drug-likeness (QED) is 0.210. The summed E-state index contributed by atoms with van der Waals surface area (Å²) >= 11 is 0. The van der Waals surface area contributed by atoms with Crippen molar-refractivity contribution in [1.29, 1.82) is 0 Å². The van der Waals surface area contributed by atoms with Gasteiger partial charge in [-0.25, -0.2) is 0 Å². The van der Waals surface area contributed by atoms with Gasteiger partial charge in [-0.3, -0.25) is 9.59 Å². The van der Waals surface area contributed by atoms with Crippen LogP contribution in [0.15, 0.2) is 66.2 Å². The smallest absolute Gasteiger partial charge is 0.295 e. The predicted octanol–water partition coefficient (Wildman–Crippen LogP) is 4.67. The minimum Gasteiger partial charge on any atom is -0.507 e. The Morgan fingerprint density at radius 3 is 2.12 bits per heavy atom. The van der Waals surface area contributed by atoms with Gasteiger partial charge in [-0.1, -0.05) is 24.3 Å². The third-order valence-corrected chi connectivity index (χ3v) is 6.86. The number of ketones is 1. The van der Waals surface area contributed by atoms with Crippen LogP contribution < -0.4 is 18.9 Å². The van der Waals surface area contributed by atoms with Gasteiger partial charge in [0.05, 0.1) is 39.6 Å². The van der Waals surface area contributed by atoms with Crippen LogP contribution in [0.4, 0.5) is 0 Å². The Morgan fingerprint density at radius 2 is 1.55 bits per heavy atom. The maximum Gasteiger partial charge on any atom is 0.295 e. The molecule has 0 saturated carbocycles. The molecule has 1 N–H and O–H groups in total. The predicted molar refractivity (Wildman–Crippen MR) is 149 cm³/mol. The highest BCUT2D eigenvalue weighted by Crippen LogP contribution is 2.45. The summed E-state index contributed by atoms with van der Waals surface area (Å²) in [5.41, 5.74) is 3.01. The van der Waals surface area contributed by atoms with Gasteiger partial charge in [-0.15, -0.1) is 0 Å². The second kappa shape index (κ2) is 12.6. The fourth-order valence-electron chi connectivity index (χ4n) is 4.70. The Balaban J connectivity index is 1.74. The lowest BCUT2D eigenvalue weighted by Crippen LogP contribution is -2.32. The molecule has 210 valence electrons. The maximum atomic E-state index is 13.3. The Kier molecular flexibility index (Phi) is 8.96. The molecule has 9 heteroatoms. The molecule has 1 aliphatic heterocycles. The van der Waals surface area contributed by atoms with Crippen molar-refractivity contribution in [2.45, 2.75) is 19.6 Å². The van der Waals surface area contributed by atoms with Crippen molar-refractivity contribution < 1.29 is 38.4 Å². The van der Waals surface area contributed by atoms with Crippen molar-refractivity contribution in [2.24, 2.45) is 0 Å². The minimum absolute atomic E-state index is 0.0519. The SMILES string of the molecule is COCCN1C(=O)C(=O)/C(=C(/O)c2ccc(OCc3ccccc3C)cc2)C1c1cc(OC)c(OC)c(OC)c1. The zero-order valence-corrected chi connectivity index (χ0v) is 23.2. The van der Waals surface area contributed by atoms with Crippen LogP contribution in [0.2, 0.25) is 0 Å². The fourth-order valence-corrected chi connectivity index (χ4v) is 4.70. The summed E-state index contributed by atoms with van der Waals surface area (Å²) in [6.07, 6.45) is 0. The average Bonchev–Trinajstić information content (AvgIpc) is 3.23. The Bertz CT molecular complexity index is 1390. The number of methoxy groups -OCH3 is 4. The molecule has 1 atom stereocenters. The van der Waals surface area contributed by atoms with Gasteiger partial charge in [0, 0.05) is 19.2 Å². The highest BCUT2D eigenvalue weighted by atomic mass is 16.5. The van der Waals surface area contributed by atoms with Gasteiger partial charge in [-0.2, -0.15) is 0 Å². The zero-order valence-electron chi connectivity index (χ0n) is 23.2. The molecule has 1 heterocycles. The molecule has 9 nitrogen and oxygen atoms in total. The van der Waals surface area contributed by atoms with Crippen LogP contribution in [0.5, 0.6) is 23.0 Å². The number of nitrogens with zero attached hydrogens (tertiary/aromatic N) is 1. The minimum atomic E-state index is -0.916. The number of carbonyl (C=O) groups excluding carboxylic acids is 2. The second-order valence-electron chi connectivity index (χ2n) is 9.18. The molecular weight excluding hydrogens is 514 g/mol. The van der Waals surface area contributed by atoms with E-state index in [-0.39, 0.29) is 24.5 Å². The van der Waals surface area contributed by atoms with E-state index < -0.39 is 17.7 Å². The summed E-state index contributed by atoms with van der Waals surface area (Å²) in [7, 11) is 5.95. The molecule has 40 heavy (non-hydrogen) atoms. The van der Waals surface area contributed by atoms with Gasteiger partial charge in [-0.05, 0) is 60.0 Å². The van der Waals surface area contributed by atoms with Gasteiger partial charge in [0.15, 0.2) is 11.5 Å². The summed E-state index contributed by atoms with van der Waals surface area (Å²) in [5, 5.41) is 11.4. The third kappa shape index (κ3) is 5.60. The number of aliphatic hydroxyl groups is 1. The van der Waals surface area contributed by atoms with Gasteiger partial charge < -0.3 is 33.7 Å². The normalized spacial score (nSPS) is 16.2. The molecule has 1 saturated heterocycles. The van der Waals surface area contributed by atoms with Crippen molar-refractivity contribution in [2.75, 3.05) is 41.6 Å². The van der Waals surface area contributed by atoms with Crippen LogP contribution >= 0.6 is 0 Å². The number of aliphatic hydroxyl groups excluding tert-OH is 1. The molecule has 0 spiro atoms. The number of ether oxygens (including phenoxy) is 5. The van der Waals surface area contributed by atoms with Crippen LogP contribution in [0.25, 0.3) is 5.76 Å². The van der Waals surface area contributed by atoms with E-state index in [0.29, 0.717) is 40.7 Å². The number of rotatable bonds is 11. The van der Waals surface area contributed by atoms with E-state index in [9.17, 15) is 14.7 Å². The molecule has 1 fully saturated rings. The van der Waals surface area contributed by atoms with Crippen LogP contribution in [-0.2, 0) is 20.9 Å². The molecule has 4 rings (SSSR count). The molecule has 1 amide bonds. The van der Waals surface area contributed by atoms with E-state index in [1.54, 1.807) is 36.4 Å². The topological polar surface area (TPSA) is 104 Å². The molecular formula is C31H33NO8. The number of carbonyl (C=O) groups is 2. The standard InChI is InChI=1S/C31H33NO8/c1-19-8-6-7-9-21(19)18-40-23-12-10-20(11-13-23)28(33)26-27(32(14-15-36-2)31(35)29(26)34)22-16-24(37-3)30(39-5)25(17-22)38-4/h6-13,16-17,27,33H,14-15,18H2,1-5H3/b28-26+. The molecule has 1 aliphatic rings. The number of likely N-dealkylation sites (tertiary alicyclic amines) is 1. The summed E-state index contributed by atoms with van der Waals surface area (Å²) in [6.45, 7) is 2.74. The lowest BCUT2D eigenvalue weighted by molar-refractivity contribution is -0.140. The molecule has 3 aromatic rings. The van der Waals surface area contributed by atoms with Gasteiger partial charge in [0.1, 0.15) is 18.1 Å². The Morgan fingerprint density at radius 1 is 0.900 bits per heavy atom. The fraction of sp³-hybridized carbons (Fsp3) is 0.290. The third-order valence-electron chi connectivity index (χ3n) is 6.86. The van der Waals surface area contributed by atoms with Crippen molar-refractivity contribution in [3.63, 3.8) is 0 Å². The molecule has 3 aromatic carbocycles. The monoisotopic (exact) mass is 547 g/mol. The van der Waals surface area contributed by atoms with Crippen molar-refractivity contribution in [3.8, 4) is 23.0 Å². The van der Waals surface area contributed by atoms with Crippen LogP contribution in [0, 0.1) is 6.92 Å². The first-order valence-electron chi connectivity index (χ1n) is 12.7. The lowest BCUT2D eigenvalue weighted by atomic mass is 9.94. The van der Waals surface area contributed by atoms with Gasteiger partial charge >= 0.3 is 0 Å². The first-order valence-corrected chi connectivity index (χ1v) is 12.7. The van der Waals surface area contributed by atoms with Crippen molar-refractivity contribution in [3.05, 3.63) is 88.5 Å². The number of hydrogen-bond acceptors (Lipinski definition) is 8. The van der Waals surface area contributed by atoms with E-state index in [1.165, 1.54) is 33.3 Å². The zero-order chi connectivity index (χ0) is 28.8. The van der Waals surface area contributed by atoms with Gasteiger partial charge in [0.25, 0.3) is 11.7 Å². The molecule has 1 unspecified atom stereocenters. The first-order chi connectivity index (χ1) is 19.3. The van der Waals surface area contributed by atoms with Crippen LogP contribution in [-0.4, -0.2) is 63.3 Å². The summed E-state index contributed by atoms with van der Waals surface area (Å²) in [4.78, 5) is 27.8. The van der Waals surface area contributed by atoms with E-state index in [2.05, 4.69) is 0 Å². The highest BCUT2D eigenvalue weighted by Gasteiger charge is 2.46. The molecule has 0 radical (unpaired) electrons. The van der Waals surface area contributed by atoms with Gasteiger partial charge in [0.2, 0.25) is 5.75 Å². The summed E-state index contributed by atoms with van der Waals surface area (Å²) in [6, 6.07) is 17.1. The number of hydrogen-bond donors (Lipinski definition) is 1. The Hall–Kier alpha value is -4.50. The number of benzene rings is 3. The highest BCUT2D eigenvalue weighted by molar-refractivity contribution is 6.46. The lowest BCUT2D eigenvalue weighted by Gasteiger charge is -2.26. The number of Topliss-reactive ketones (excluding diaryl/α,β-unsaturated/α-hetero) is 1. The van der Waals surface area contributed by atoms with E-state index >= 15 is 0 Å². The van der Waals surface area contributed by atoms with Crippen molar-refractivity contribution in [1.82, 2.24) is 4.90 Å². The molecule has 0 aliphatic carbocycles. The Labute approximate surface area is 233 Å². The van der Waals surface area contributed by atoms with Crippen LogP contribution in [0.1, 0.15) is 28.3 Å². The number of amides is 1. The molecule has 0 bridgehead atoms. The summed E-state index contributed by atoms with van der Waals surface area (Å²) < 4.78 is 27.5. The van der Waals surface area contributed by atoms with Crippen molar-refractivity contribution >= 4 is 17.4 Å². The van der Waals surface area contributed by atoms with E-state index in [4.69, 9.17) is 23.7 Å². The van der Waals surface area contributed by atoms with E-state index in [0.717, 1.165) is 11.1 Å². The first kappa shape index (κ1) is 28.5. The molecule has 0 aromatic heterocycles.